The predicted molar refractivity (Wildman–Crippen MR) is 118 cm³/mol. The second-order valence-electron chi connectivity index (χ2n) is 7.32. The maximum absolute atomic E-state index is 13.2. The Balaban J connectivity index is 1.58. The number of halogens is 2. The summed E-state index contributed by atoms with van der Waals surface area (Å²) in [6.07, 6.45) is 5.20. The average Bonchev–Trinajstić information content (AvgIpc) is 3.27. The molecule has 166 valence electrons. The molecule has 1 amide bonds. The van der Waals surface area contributed by atoms with E-state index in [4.69, 9.17) is 4.74 Å². The van der Waals surface area contributed by atoms with Crippen LogP contribution in [-0.4, -0.2) is 35.1 Å². The topological polar surface area (TPSA) is 43.7 Å². The van der Waals surface area contributed by atoms with Gasteiger partial charge in [-0.2, -0.15) is 8.78 Å². The maximum Gasteiger partial charge on any atom is 0.387 e. The van der Waals surface area contributed by atoms with Crippen LogP contribution in [0.1, 0.15) is 29.8 Å². The summed E-state index contributed by atoms with van der Waals surface area (Å²) in [5, 5.41) is 0. The Morgan fingerprint density at radius 2 is 1.91 bits per heavy atom. The van der Waals surface area contributed by atoms with E-state index in [-0.39, 0.29) is 23.4 Å². The summed E-state index contributed by atoms with van der Waals surface area (Å²) in [5.41, 5.74) is 2.76. The molecule has 0 radical (unpaired) electrons. The first-order chi connectivity index (χ1) is 15.6. The Labute approximate surface area is 185 Å². The van der Waals surface area contributed by atoms with Crippen molar-refractivity contribution in [3.8, 4) is 11.5 Å². The SMILES string of the molecule is CCOc1cc(/C=C/C(=O)N2CCn3cccc3C2c2ccccc2)ccc1OC(F)F. The first kappa shape index (κ1) is 21.6. The fourth-order valence-corrected chi connectivity index (χ4v) is 3.96. The zero-order chi connectivity index (χ0) is 22.5. The van der Waals surface area contributed by atoms with Gasteiger partial charge in [0.15, 0.2) is 11.5 Å². The Kier molecular flexibility index (Phi) is 6.54. The van der Waals surface area contributed by atoms with Gasteiger partial charge in [0.2, 0.25) is 5.91 Å². The lowest BCUT2D eigenvalue weighted by Crippen LogP contribution is -2.41. The van der Waals surface area contributed by atoms with E-state index in [2.05, 4.69) is 9.30 Å². The molecule has 32 heavy (non-hydrogen) atoms. The highest BCUT2D eigenvalue weighted by Gasteiger charge is 2.30. The van der Waals surface area contributed by atoms with Crippen LogP contribution < -0.4 is 9.47 Å². The van der Waals surface area contributed by atoms with Crippen LogP contribution in [0, 0.1) is 0 Å². The summed E-state index contributed by atoms with van der Waals surface area (Å²) in [4.78, 5) is 15.0. The van der Waals surface area contributed by atoms with Gasteiger partial charge >= 0.3 is 6.61 Å². The third-order valence-corrected chi connectivity index (χ3v) is 5.34. The van der Waals surface area contributed by atoms with Crippen LogP contribution in [0.3, 0.4) is 0 Å². The normalized spacial score (nSPS) is 15.8. The summed E-state index contributed by atoms with van der Waals surface area (Å²) in [6.45, 7) is 0.423. The molecule has 1 atom stereocenters. The number of carbonyl (C=O) groups is 1. The minimum atomic E-state index is -2.94. The number of hydrogen-bond acceptors (Lipinski definition) is 3. The van der Waals surface area contributed by atoms with E-state index >= 15 is 0 Å². The fraction of sp³-hybridized carbons (Fsp3) is 0.240. The molecule has 1 aliphatic heterocycles. The van der Waals surface area contributed by atoms with Crippen molar-refractivity contribution in [3.63, 3.8) is 0 Å². The number of amides is 1. The minimum absolute atomic E-state index is 0.0359. The second kappa shape index (κ2) is 9.68. The van der Waals surface area contributed by atoms with Crippen molar-refractivity contribution in [2.45, 2.75) is 26.1 Å². The number of fused-ring (bicyclic) bond motifs is 1. The molecule has 0 fully saturated rings. The Hall–Kier alpha value is -3.61. The smallest absolute Gasteiger partial charge is 0.387 e. The highest BCUT2D eigenvalue weighted by atomic mass is 19.3. The largest absolute Gasteiger partial charge is 0.490 e. The number of alkyl halides is 2. The number of nitrogens with zero attached hydrogens (tertiary/aromatic N) is 2. The van der Waals surface area contributed by atoms with Crippen LogP contribution in [0.4, 0.5) is 8.78 Å². The summed E-state index contributed by atoms with van der Waals surface area (Å²) in [6, 6.07) is 18.4. The Bertz CT molecular complexity index is 1100. The van der Waals surface area contributed by atoms with Gasteiger partial charge in [0, 0.05) is 31.1 Å². The van der Waals surface area contributed by atoms with Crippen molar-refractivity contribution in [2.75, 3.05) is 13.2 Å². The quantitative estimate of drug-likeness (QED) is 0.480. The zero-order valence-corrected chi connectivity index (χ0v) is 17.7. The molecule has 0 saturated carbocycles. The van der Waals surface area contributed by atoms with Gasteiger partial charge < -0.3 is 18.9 Å². The van der Waals surface area contributed by atoms with Gasteiger partial charge in [-0.1, -0.05) is 36.4 Å². The van der Waals surface area contributed by atoms with Crippen molar-refractivity contribution in [2.24, 2.45) is 0 Å². The highest BCUT2D eigenvalue weighted by Crippen LogP contribution is 2.33. The summed E-state index contributed by atoms with van der Waals surface area (Å²) in [5.74, 6) is 0.0452. The van der Waals surface area contributed by atoms with E-state index < -0.39 is 6.61 Å². The maximum atomic E-state index is 13.2. The molecule has 4 rings (SSSR count). The molecule has 5 nitrogen and oxygen atoms in total. The summed E-state index contributed by atoms with van der Waals surface area (Å²) in [7, 11) is 0. The van der Waals surface area contributed by atoms with E-state index in [0.29, 0.717) is 18.7 Å². The van der Waals surface area contributed by atoms with Gasteiger partial charge in [-0.05, 0) is 48.4 Å². The van der Waals surface area contributed by atoms with Crippen LogP contribution in [0.2, 0.25) is 0 Å². The van der Waals surface area contributed by atoms with Gasteiger partial charge in [0.1, 0.15) is 0 Å². The van der Waals surface area contributed by atoms with E-state index in [0.717, 1.165) is 17.8 Å². The molecular weight excluding hydrogens is 414 g/mol. The first-order valence-electron chi connectivity index (χ1n) is 10.5. The lowest BCUT2D eigenvalue weighted by Gasteiger charge is -2.36. The van der Waals surface area contributed by atoms with Crippen LogP contribution in [0.15, 0.2) is 72.9 Å². The third-order valence-electron chi connectivity index (χ3n) is 5.34. The van der Waals surface area contributed by atoms with Crippen molar-refractivity contribution >= 4 is 12.0 Å². The van der Waals surface area contributed by atoms with Gasteiger partial charge in [-0.25, -0.2) is 0 Å². The summed E-state index contributed by atoms with van der Waals surface area (Å²) >= 11 is 0. The van der Waals surface area contributed by atoms with Crippen molar-refractivity contribution < 1.29 is 23.0 Å². The van der Waals surface area contributed by atoms with Crippen molar-refractivity contribution in [1.82, 2.24) is 9.47 Å². The number of carbonyl (C=O) groups excluding carboxylic acids is 1. The Morgan fingerprint density at radius 3 is 2.66 bits per heavy atom. The molecule has 0 aliphatic carbocycles. The van der Waals surface area contributed by atoms with Crippen LogP contribution in [0.25, 0.3) is 6.08 Å². The highest BCUT2D eigenvalue weighted by molar-refractivity contribution is 5.92. The van der Waals surface area contributed by atoms with E-state index in [1.165, 1.54) is 12.1 Å². The Morgan fingerprint density at radius 1 is 1.09 bits per heavy atom. The van der Waals surface area contributed by atoms with E-state index in [1.54, 1.807) is 25.1 Å². The molecule has 2 aromatic carbocycles. The van der Waals surface area contributed by atoms with Gasteiger partial charge in [0.25, 0.3) is 0 Å². The standard InChI is InChI=1S/C25H24F2N2O3/c1-2-31-22-17-18(10-12-21(22)32-25(26)27)11-13-23(30)29-16-15-28-14-6-9-20(28)24(29)19-7-4-3-5-8-19/h3-14,17,24-25H,2,15-16H2,1H3/b13-11+. The van der Waals surface area contributed by atoms with Crippen LogP contribution in [0.5, 0.6) is 11.5 Å². The number of aromatic nitrogens is 1. The molecule has 2 heterocycles. The molecule has 7 heteroatoms. The van der Waals surface area contributed by atoms with Crippen molar-refractivity contribution in [3.05, 3.63) is 89.8 Å². The van der Waals surface area contributed by atoms with E-state index in [1.807, 2.05) is 53.6 Å². The molecule has 0 saturated heterocycles. The minimum Gasteiger partial charge on any atom is -0.490 e. The van der Waals surface area contributed by atoms with Gasteiger partial charge in [-0.15, -0.1) is 0 Å². The number of benzene rings is 2. The number of rotatable bonds is 7. The van der Waals surface area contributed by atoms with Gasteiger partial charge in [-0.3, -0.25) is 4.79 Å². The molecule has 1 aromatic heterocycles. The molecule has 0 spiro atoms. The molecule has 0 bridgehead atoms. The predicted octanol–water partition coefficient (Wildman–Crippen LogP) is 5.13. The zero-order valence-electron chi connectivity index (χ0n) is 17.7. The number of ether oxygens (including phenoxy) is 2. The molecule has 1 unspecified atom stereocenters. The lowest BCUT2D eigenvalue weighted by molar-refractivity contribution is -0.128. The fourth-order valence-electron chi connectivity index (χ4n) is 3.96. The van der Waals surface area contributed by atoms with E-state index in [9.17, 15) is 13.6 Å². The summed E-state index contributed by atoms with van der Waals surface area (Å²) < 4.78 is 37.3. The lowest BCUT2D eigenvalue weighted by atomic mass is 10.00. The average molecular weight is 438 g/mol. The second-order valence-corrected chi connectivity index (χ2v) is 7.32. The number of hydrogen-bond donors (Lipinski definition) is 0. The monoisotopic (exact) mass is 438 g/mol. The van der Waals surface area contributed by atoms with Crippen molar-refractivity contribution in [1.29, 1.82) is 0 Å². The molecule has 3 aromatic rings. The first-order valence-corrected chi connectivity index (χ1v) is 10.5. The van der Waals surface area contributed by atoms with Crippen LogP contribution >= 0.6 is 0 Å². The molecular formula is C25H24F2N2O3. The molecule has 0 N–H and O–H groups in total. The molecule has 1 aliphatic rings. The van der Waals surface area contributed by atoms with Crippen LogP contribution in [-0.2, 0) is 11.3 Å². The third kappa shape index (κ3) is 4.66. The van der Waals surface area contributed by atoms with Gasteiger partial charge in [0.05, 0.1) is 12.6 Å².